The molecule has 0 unspecified atom stereocenters. The minimum Gasteiger partial charge on any atom is -0.496 e. The zero-order chi connectivity index (χ0) is 19.3. The standard InChI is InChI=1S/C17H18ClFN2O4S/c1-21(11-12-9-13(18)3-8-16(12)25-2)17(22)10-20-26(23,24)15-6-4-14(19)5-7-15/h3-9,20H,10-11H2,1-2H3. The highest BCUT2D eigenvalue weighted by Crippen LogP contribution is 2.23. The van der Waals surface area contributed by atoms with E-state index < -0.39 is 28.3 Å². The minimum atomic E-state index is -3.91. The van der Waals surface area contributed by atoms with E-state index >= 15 is 0 Å². The van der Waals surface area contributed by atoms with E-state index in [0.717, 1.165) is 24.3 Å². The van der Waals surface area contributed by atoms with E-state index in [1.54, 1.807) is 18.2 Å². The van der Waals surface area contributed by atoms with Crippen molar-refractivity contribution in [2.24, 2.45) is 0 Å². The van der Waals surface area contributed by atoms with E-state index in [4.69, 9.17) is 16.3 Å². The van der Waals surface area contributed by atoms with Crippen LogP contribution >= 0.6 is 11.6 Å². The molecule has 0 bridgehead atoms. The maximum Gasteiger partial charge on any atom is 0.241 e. The highest BCUT2D eigenvalue weighted by atomic mass is 35.5. The van der Waals surface area contributed by atoms with Crippen LogP contribution in [0.3, 0.4) is 0 Å². The molecule has 0 fully saturated rings. The smallest absolute Gasteiger partial charge is 0.241 e. The molecule has 0 spiro atoms. The molecule has 26 heavy (non-hydrogen) atoms. The normalized spacial score (nSPS) is 11.2. The topological polar surface area (TPSA) is 75.7 Å². The number of halogens is 2. The van der Waals surface area contributed by atoms with Crippen LogP contribution in [0, 0.1) is 5.82 Å². The summed E-state index contributed by atoms with van der Waals surface area (Å²) in [6, 6.07) is 9.36. The quantitative estimate of drug-likeness (QED) is 0.774. The summed E-state index contributed by atoms with van der Waals surface area (Å²) in [5.41, 5.74) is 0.692. The molecule has 0 saturated carbocycles. The molecule has 2 aromatic carbocycles. The summed E-state index contributed by atoms with van der Waals surface area (Å²) in [5.74, 6) is -0.422. The molecule has 9 heteroatoms. The summed E-state index contributed by atoms with van der Waals surface area (Å²) >= 11 is 5.96. The van der Waals surface area contributed by atoms with Crippen molar-refractivity contribution in [1.29, 1.82) is 0 Å². The molecule has 0 aliphatic carbocycles. The number of ether oxygens (including phenoxy) is 1. The second-order valence-electron chi connectivity index (χ2n) is 5.48. The van der Waals surface area contributed by atoms with Gasteiger partial charge >= 0.3 is 0 Å². The first-order chi connectivity index (χ1) is 12.2. The van der Waals surface area contributed by atoms with Gasteiger partial charge in [0.1, 0.15) is 11.6 Å². The number of nitrogens with zero attached hydrogens (tertiary/aromatic N) is 1. The molecule has 1 amide bonds. The number of sulfonamides is 1. The van der Waals surface area contributed by atoms with Crippen LogP contribution in [0.4, 0.5) is 4.39 Å². The number of rotatable bonds is 7. The third kappa shape index (κ3) is 5.17. The largest absolute Gasteiger partial charge is 0.496 e. The van der Waals surface area contributed by atoms with E-state index in [2.05, 4.69) is 4.72 Å². The second-order valence-corrected chi connectivity index (χ2v) is 7.69. The molecule has 2 aromatic rings. The summed E-state index contributed by atoms with van der Waals surface area (Å²) in [5, 5.41) is 0.499. The number of nitrogens with one attached hydrogen (secondary N) is 1. The summed E-state index contributed by atoms with van der Waals surface area (Å²) in [6.45, 7) is -0.236. The third-order valence-electron chi connectivity index (χ3n) is 3.61. The maximum absolute atomic E-state index is 12.9. The highest BCUT2D eigenvalue weighted by Gasteiger charge is 2.18. The summed E-state index contributed by atoms with van der Waals surface area (Å²) in [6.07, 6.45) is 0. The van der Waals surface area contributed by atoms with Gasteiger partial charge in [-0.05, 0) is 42.5 Å². The Bertz CT molecular complexity index is 888. The van der Waals surface area contributed by atoms with Gasteiger partial charge < -0.3 is 9.64 Å². The van der Waals surface area contributed by atoms with Gasteiger partial charge in [0.2, 0.25) is 15.9 Å². The van der Waals surface area contributed by atoms with E-state index in [-0.39, 0.29) is 11.4 Å². The number of methoxy groups -OCH3 is 1. The predicted octanol–water partition coefficient (Wildman–Crippen LogP) is 2.42. The average Bonchev–Trinajstić information content (AvgIpc) is 2.60. The van der Waals surface area contributed by atoms with E-state index in [0.29, 0.717) is 16.3 Å². The van der Waals surface area contributed by atoms with Crippen LogP contribution in [0.2, 0.25) is 5.02 Å². The Morgan fingerprint density at radius 2 is 1.88 bits per heavy atom. The molecule has 6 nitrogen and oxygen atoms in total. The Kier molecular flexibility index (Phi) is 6.57. The number of hydrogen-bond acceptors (Lipinski definition) is 4. The molecule has 2 rings (SSSR count). The average molecular weight is 401 g/mol. The van der Waals surface area contributed by atoms with Gasteiger partial charge in [0.25, 0.3) is 0 Å². The fraction of sp³-hybridized carbons (Fsp3) is 0.235. The van der Waals surface area contributed by atoms with Crippen LogP contribution in [0.25, 0.3) is 0 Å². The molecule has 0 aliphatic rings. The molecule has 0 aromatic heterocycles. The number of likely N-dealkylation sites (N-methyl/N-ethyl adjacent to an activating group) is 1. The van der Waals surface area contributed by atoms with Gasteiger partial charge in [-0.15, -0.1) is 0 Å². The lowest BCUT2D eigenvalue weighted by molar-refractivity contribution is -0.129. The van der Waals surface area contributed by atoms with Gasteiger partial charge in [0, 0.05) is 24.2 Å². The number of hydrogen-bond donors (Lipinski definition) is 1. The van der Waals surface area contributed by atoms with Crippen LogP contribution < -0.4 is 9.46 Å². The summed E-state index contributed by atoms with van der Waals surface area (Å²) in [4.78, 5) is 13.5. The Morgan fingerprint density at radius 1 is 1.23 bits per heavy atom. The Hall–Kier alpha value is -2.16. The van der Waals surface area contributed by atoms with Crippen molar-refractivity contribution in [2.45, 2.75) is 11.4 Å². The Morgan fingerprint density at radius 3 is 2.50 bits per heavy atom. The van der Waals surface area contributed by atoms with E-state index in [9.17, 15) is 17.6 Å². The van der Waals surface area contributed by atoms with Crippen LogP contribution in [-0.4, -0.2) is 39.9 Å². The van der Waals surface area contributed by atoms with E-state index in [1.807, 2.05) is 0 Å². The molecule has 0 heterocycles. The molecular weight excluding hydrogens is 383 g/mol. The molecule has 0 atom stereocenters. The summed E-state index contributed by atoms with van der Waals surface area (Å²) in [7, 11) is -0.866. The van der Waals surface area contributed by atoms with Gasteiger partial charge in [-0.1, -0.05) is 11.6 Å². The number of carbonyl (C=O) groups is 1. The molecule has 1 N–H and O–H groups in total. The number of benzene rings is 2. The van der Waals surface area contributed by atoms with Crippen LogP contribution in [0.15, 0.2) is 47.4 Å². The van der Waals surface area contributed by atoms with Gasteiger partial charge in [-0.25, -0.2) is 17.5 Å². The lowest BCUT2D eigenvalue weighted by Crippen LogP contribution is -2.37. The predicted molar refractivity (Wildman–Crippen MR) is 96.1 cm³/mol. The van der Waals surface area contributed by atoms with Gasteiger partial charge in [0.05, 0.1) is 18.6 Å². The van der Waals surface area contributed by atoms with Crippen molar-refractivity contribution >= 4 is 27.5 Å². The third-order valence-corrected chi connectivity index (χ3v) is 5.27. The molecular formula is C17H18ClFN2O4S. The Balaban J connectivity index is 2.01. The first-order valence-electron chi connectivity index (χ1n) is 7.54. The fourth-order valence-electron chi connectivity index (χ4n) is 2.20. The maximum atomic E-state index is 12.9. The van der Waals surface area contributed by atoms with Crippen molar-refractivity contribution in [3.63, 3.8) is 0 Å². The minimum absolute atomic E-state index is 0.120. The van der Waals surface area contributed by atoms with Crippen molar-refractivity contribution in [3.05, 3.63) is 58.9 Å². The van der Waals surface area contributed by atoms with Crippen molar-refractivity contribution in [1.82, 2.24) is 9.62 Å². The van der Waals surface area contributed by atoms with Gasteiger partial charge in [-0.3, -0.25) is 4.79 Å². The van der Waals surface area contributed by atoms with Crippen molar-refractivity contribution in [2.75, 3.05) is 20.7 Å². The molecule has 0 saturated heterocycles. The summed E-state index contributed by atoms with van der Waals surface area (Å²) < 4.78 is 44.6. The SMILES string of the molecule is COc1ccc(Cl)cc1CN(C)C(=O)CNS(=O)(=O)c1ccc(F)cc1. The van der Waals surface area contributed by atoms with Crippen LogP contribution in [-0.2, 0) is 21.4 Å². The highest BCUT2D eigenvalue weighted by molar-refractivity contribution is 7.89. The van der Waals surface area contributed by atoms with E-state index in [1.165, 1.54) is 19.1 Å². The second kappa shape index (κ2) is 8.48. The lowest BCUT2D eigenvalue weighted by atomic mass is 10.2. The molecule has 0 aliphatic heterocycles. The van der Waals surface area contributed by atoms with Crippen molar-refractivity contribution in [3.8, 4) is 5.75 Å². The monoisotopic (exact) mass is 400 g/mol. The first-order valence-corrected chi connectivity index (χ1v) is 9.40. The van der Waals surface area contributed by atoms with Gasteiger partial charge in [0.15, 0.2) is 0 Å². The van der Waals surface area contributed by atoms with Crippen LogP contribution in [0.5, 0.6) is 5.75 Å². The van der Waals surface area contributed by atoms with Crippen molar-refractivity contribution < 1.29 is 22.3 Å². The zero-order valence-electron chi connectivity index (χ0n) is 14.2. The molecule has 140 valence electrons. The zero-order valence-corrected chi connectivity index (χ0v) is 15.8. The first kappa shape index (κ1) is 20.2. The van der Waals surface area contributed by atoms with Crippen LogP contribution in [0.1, 0.15) is 5.56 Å². The Labute approximate surface area is 156 Å². The van der Waals surface area contributed by atoms with Gasteiger partial charge in [-0.2, -0.15) is 0 Å². The molecule has 0 radical (unpaired) electrons. The number of amides is 1. The fourth-order valence-corrected chi connectivity index (χ4v) is 3.37. The number of carbonyl (C=O) groups excluding carboxylic acids is 1. The lowest BCUT2D eigenvalue weighted by Gasteiger charge is -2.19.